The van der Waals surface area contributed by atoms with Gasteiger partial charge < -0.3 is 5.32 Å². The Hall–Kier alpha value is -2.25. The number of hydrogen-bond donors (Lipinski definition) is 2. The summed E-state index contributed by atoms with van der Waals surface area (Å²) in [5, 5.41) is 15.2. The lowest BCUT2D eigenvalue weighted by molar-refractivity contribution is -0.384. The Morgan fingerprint density at radius 2 is 2.05 bits per heavy atom. The van der Waals surface area contributed by atoms with Crippen LogP contribution in [0.5, 0.6) is 0 Å². The Bertz CT molecular complexity index is 532. The fourth-order valence-corrected chi connectivity index (χ4v) is 1.70. The zero-order chi connectivity index (χ0) is 14.0. The lowest BCUT2D eigenvalue weighted by atomic mass is 9.93. The smallest absolute Gasteiger partial charge is 0.319 e. The average Bonchev–Trinajstić information content (AvgIpc) is 2.29. The number of carbonyl (C=O) groups excluding carboxylic acids is 1. The number of nitrogens with zero attached hydrogens (tertiary/aromatic N) is 1. The fraction of sp³-hybridized carbons (Fsp3) is 0.364. The Morgan fingerprint density at radius 1 is 1.37 bits per heavy atom. The number of amides is 2. The lowest BCUT2D eigenvalue weighted by Gasteiger charge is -2.26. The van der Waals surface area contributed by atoms with E-state index >= 15 is 0 Å². The van der Waals surface area contributed by atoms with Crippen molar-refractivity contribution in [1.82, 2.24) is 5.32 Å². The number of anilines is 1. The molecule has 0 spiro atoms. The molecule has 1 aliphatic carbocycles. The van der Waals surface area contributed by atoms with Crippen LogP contribution in [0.2, 0.25) is 0 Å². The molecular weight excluding hydrogens is 260 g/mol. The number of hydrogen-bond acceptors (Lipinski definition) is 3. The average molecular weight is 271 g/mol. The third kappa shape index (κ3) is 2.78. The maximum absolute atomic E-state index is 13.5. The summed E-state index contributed by atoms with van der Waals surface area (Å²) < 4.78 is 26.5. The highest BCUT2D eigenvalue weighted by molar-refractivity contribution is 5.92. The standard InChI is InChI=1S/C11H11F2N3O3/c12-7-4-5-8(16(18)19)10(9(7)13)15-11(17)14-6-2-1-3-6/h4-6H,1-3H2,(H2,14,15,17). The van der Waals surface area contributed by atoms with E-state index in [-0.39, 0.29) is 6.04 Å². The summed E-state index contributed by atoms with van der Waals surface area (Å²) in [5.41, 5.74) is -1.45. The van der Waals surface area contributed by atoms with Crippen LogP contribution in [0.15, 0.2) is 12.1 Å². The number of nitro groups is 1. The summed E-state index contributed by atoms with van der Waals surface area (Å²) in [4.78, 5) is 21.3. The van der Waals surface area contributed by atoms with Crippen molar-refractivity contribution < 1.29 is 18.5 Å². The van der Waals surface area contributed by atoms with E-state index in [1.54, 1.807) is 0 Å². The Morgan fingerprint density at radius 3 is 2.58 bits per heavy atom. The second-order valence-electron chi connectivity index (χ2n) is 4.24. The number of nitrogens with one attached hydrogen (secondary N) is 2. The quantitative estimate of drug-likeness (QED) is 0.654. The molecule has 0 atom stereocenters. The summed E-state index contributed by atoms with van der Waals surface area (Å²) in [5.74, 6) is -2.71. The topological polar surface area (TPSA) is 84.3 Å². The van der Waals surface area contributed by atoms with E-state index in [0.717, 1.165) is 25.3 Å². The molecule has 6 nitrogen and oxygen atoms in total. The molecule has 2 N–H and O–H groups in total. The van der Waals surface area contributed by atoms with Crippen LogP contribution in [-0.2, 0) is 0 Å². The maximum Gasteiger partial charge on any atom is 0.319 e. The van der Waals surface area contributed by atoms with Crippen molar-refractivity contribution in [2.45, 2.75) is 25.3 Å². The second-order valence-corrected chi connectivity index (χ2v) is 4.24. The van der Waals surface area contributed by atoms with Crippen LogP contribution in [0.25, 0.3) is 0 Å². The largest absolute Gasteiger partial charge is 0.335 e. The third-order valence-corrected chi connectivity index (χ3v) is 2.95. The zero-order valence-electron chi connectivity index (χ0n) is 9.78. The number of benzene rings is 1. The third-order valence-electron chi connectivity index (χ3n) is 2.95. The van der Waals surface area contributed by atoms with Crippen molar-refractivity contribution in [1.29, 1.82) is 0 Å². The molecule has 19 heavy (non-hydrogen) atoms. The van der Waals surface area contributed by atoms with Crippen LogP contribution in [0.3, 0.4) is 0 Å². The molecule has 0 heterocycles. The Labute approximate surface area is 106 Å². The van der Waals surface area contributed by atoms with E-state index in [0.29, 0.717) is 6.07 Å². The fourth-order valence-electron chi connectivity index (χ4n) is 1.70. The van der Waals surface area contributed by atoms with Gasteiger partial charge in [-0.1, -0.05) is 0 Å². The molecule has 102 valence electrons. The van der Waals surface area contributed by atoms with Crippen LogP contribution >= 0.6 is 0 Å². The van der Waals surface area contributed by atoms with Gasteiger partial charge in [0.25, 0.3) is 5.69 Å². The van der Waals surface area contributed by atoms with Gasteiger partial charge in [-0.2, -0.15) is 0 Å². The van der Waals surface area contributed by atoms with Crippen LogP contribution in [0.4, 0.5) is 25.0 Å². The monoisotopic (exact) mass is 271 g/mol. The van der Waals surface area contributed by atoms with Crippen molar-refractivity contribution in [2.24, 2.45) is 0 Å². The van der Waals surface area contributed by atoms with Crippen LogP contribution in [0, 0.1) is 21.7 Å². The summed E-state index contributed by atoms with van der Waals surface area (Å²) in [6, 6.07) is 0.646. The maximum atomic E-state index is 13.5. The van der Waals surface area contributed by atoms with Gasteiger partial charge in [0.2, 0.25) is 0 Å². The highest BCUT2D eigenvalue weighted by Crippen LogP contribution is 2.29. The molecule has 2 rings (SSSR count). The van der Waals surface area contributed by atoms with E-state index in [9.17, 15) is 23.7 Å². The first-order valence-electron chi connectivity index (χ1n) is 5.69. The van der Waals surface area contributed by atoms with Crippen molar-refractivity contribution in [3.8, 4) is 0 Å². The van der Waals surface area contributed by atoms with Gasteiger partial charge in [0.05, 0.1) is 4.92 Å². The minimum Gasteiger partial charge on any atom is -0.335 e. The predicted octanol–water partition coefficient (Wildman–Crippen LogP) is 2.55. The van der Waals surface area contributed by atoms with Crippen molar-refractivity contribution in [3.05, 3.63) is 33.9 Å². The molecule has 1 aromatic carbocycles. The molecule has 1 aliphatic rings. The van der Waals surface area contributed by atoms with E-state index < -0.39 is 34.0 Å². The van der Waals surface area contributed by atoms with Crippen LogP contribution < -0.4 is 10.6 Å². The molecule has 0 bridgehead atoms. The van der Waals surface area contributed by atoms with E-state index in [1.165, 1.54) is 0 Å². The second kappa shape index (κ2) is 5.17. The minimum atomic E-state index is -1.45. The van der Waals surface area contributed by atoms with Gasteiger partial charge in [-0.3, -0.25) is 15.4 Å². The first kappa shape index (κ1) is 13.2. The molecule has 1 aromatic rings. The molecule has 0 radical (unpaired) electrons. The van der Waals surface area contributed by atoms with Crippen LogP contribution in [0.1, 0.15) is 19.3 Å². The molecule has 0 aromatic heterocycles. The van der Waals surface area contributed by atoms with E-state index in [2.05, 4.69) is 5.32 Å². The SMILES string of the molecule is O=C(Nc1c([N+](=O)[O-])ccc(F)c1F)NC1CCC1. The number of urea groups is 1. The summed E-state index contributed by atoms with van der Waals surface area (Å²) >= 11 is 0. The predicted molar refractivity (Wildman–Crippen MR) is 62.8 cm³/mol. The number of rotatable bonds is 3. The first-order valence-corrected chi connectivity index (χ1v) is 5.69. The Balaban J connectivity index is 2.19. The van der Waals surface area contributed by atoms with Crippen LogP contribution in [-0.4, -0.2) is 17.0 Å². The van der Waals surface area contributed by atoms with Crippen molar-refractivity contribution >= 4 is 17.4 Å². The highest BCUT2D eigenvalue weighted by atomic mass is 19.2. The van der Waals surface area contributed by atoms with Gasteiger partial charge in [-0.05, 0) is 25.3 Å². The summed E-state index contributed by atoms with van der Waals surface area (Å²) in [6.07, 6.45) is 2.60. The van der Waals surface area contributed by atoms with Gasteiger partial charge in [-0.25, -0.2) is 13.6 Å². The molecule has 8 heteroatoms. The van der Waals surface area contributed by atoms with E-state index in [4.69, 9.17) is 0 Å². The van der Waals surface area contributed by atoms with Gasteiger partial charge in [-0.15, -0.1) is 0 Å². The molecule has 0 aliphatic heterocycles. The number of halogens is 2. The molecule has 1 fully saturated rings. The van der Waals surface area contributed by atoms with Crippen molar-refractivity contribution in [2.75, 3.05) is 5.32 Å². The van der Waals surface area contributed by atoms with E-state index in [1.807, 2.05) is 5.32 Å². The number of carbonyl (C=O) groups is 1. The van der Waals surface area contributed by atoms with Crippen molar-refractivity contribution in [3.63, 3.8) is 0 Å². The van der Waals surface area contributed by atoms with Gasteiger partial charge in [0.1, 0.15) is 0 Å². The zero-order valence-corrected chi connectivity index (χ0v) is 9.78. The summed E-state index contributed by atoms with van der Waals surface area (Å²) in [6.45, 7) is 0. The molecule has 2 amide bonds. The first-order chi connectivity index (χ1) is 8.99. The molecular formula is C11H11F2N3O3. The minimum absolute atomic E-state index is 0.0179. The molecule has 1 saturated carbocycles. The van der Waals surface area contributed by atoms with Gasteiger partial charge in [0.15, 0.2) is 17.3 Å². The van der Waals surface area contributed by atoms with Gasteiger partial charge >= 0.3 is 6.03 Å². The molecule has 0 unspecified atom stereocenters. The van der Waals surface area contributed by atoms with Gasteiger partial charge in [0, 0.05) is 12.1 Å². The highest BCUT2D eigenvalue weighted by Gasteiger charge is 2.25. The number of nitro benzene ring substituents is 1. The lowest BCUT2D eigenvalue weighted by Crippen LogP contribution is -2.42. The molecule has 0 saturated heterocycles. The Kier molecular flexibility index (Phi) is 3.59. The normalized spacial score (nSPS) is 14.6. The summed E-state index contributed by atoms with van der Waals surface area (Å²) in [7, 11) is 0.